The maximum atomic E-state index is 11.3. The summed E-state index contributed by atoms with van der Waals surface area (Å²) in [6.45, 7) is 3.74. The van der Waals surface area contributed by atoms with Gasteiger partial charge in [-0.15, -0.1) is 0 Å². The molecule has 2 fully saturated rings. The van der Waals surface area contributed by atoms with Gasteiger partial charge in [-0.25, -0.2) is 4.79 Å². The summed E-state index contributed by atoms with van der Waals surface area (Å²) < 4.78 is 5.29. The summed E-state index contributed by atoms with van der Waals surface area (Å²) in [5.74, 6) is 0. The molecule has 2 amide bonds. The Morgan fingerprint density at radius 2 is 2.28 bits per heavy atom. The topological polar surface area (TPSA) is 57.3 Å². The second kappa shape index (κ2) is 4.79. The van der Waals surface area contributed by atoms with E-state index in [-0.39, 0.29) is 11.6 Å². The monoisotopic (exact) mass is 330 g/mol. The average Bonchev–Trinajstić information content (AvgIpc) is 2.91. The molecule has 1 spiro atoms. The van der Waals surface area contributed by atoms with Gasteiger partial charge in [-0.1, -0.05) is 0 Å². The highest BCUT2D eigenvalue weighted by Gasteiger charge is 2.40. The van der Waals surface area contributed by atoms with Crippen LogP contribution in [0.15, 0.2) is 9.98 Å². The Labute approximate surface area is 118 Å². The van der Waals surface area contributed by atoms with Crippen molar-refractivity contribution in [3.63, 3.8) is 0 Å². The lowest BCUT2D eigenvalue weighted by Gasteiger charge is -2.38. The molecule has 2 aliphatic rings. The zero-order valence-corrected chi connectivity index (χ0v) is 12.3. The minimum atomic E-state index is -0.0202. The molecule has 18 heavy (non-hydrogen) atoms. The van der Waals surface area contributed by atoms with Crippen LogP contribution in [0.1, 0.15) is 18.4 Å². The van der Waals surface area contributed by atoms with Crippen molar-refractivity contribution in [2.24, 2.45) is 0 Å². The fraction of sp³-hybridized carbons (Fsp3) is 0.636. The van der Waals surface area contributed by atoms with Crippen LogP contribution in [0.2, 0.25) is 0 Å². The summed E-state index contributed by atoms with van der Waals surface area (Å²) in [7, 11) is 0. The summed E-state index contributed by atoms with van der Waals surface area (Å²) in [4.78, 5) is 13.7. The number of rotatable bonds is 2. The van der Waals surface area contributed by atoms with Crippen LogP contribution in [-0.4, -0.2) is 40.5 Å². The molecule has 2 saturated heterocycles. The highest BCUT2D eigenvalue weighted by Crippen LogP contribution is 2.27. The third-order valence-electron chi connectivity index (χ3n) is 3.77. The van der Waals surface area contributed by atoms with Gasteiger partial charge in [-0.05, 0) is 40.3 Å². The molecule has 98 valence electrons. The van der Waals surface area contributed by atoms with Gasteiger partial charge in [0, 0.05) is 37.9 Å². The molecule has 5 nitrogen and oxygen atoms in total. The number of nitrogens with one attached hydrogen (secondary N) is 2. The first-order valence-electron chi connectivity index (χ1n) is 6.04. The van der Waals surface area contributed by atoms with Crippen LogP contribution in [0.3, 0.4) is 0 Å². The van der Waals surface area contributed by atoms with E-state index >= 15 is 0 Å². The van der Waals surface area contributed by atoms with Gasteiger partial charge in [0.1, 0.15) is 0 Å². The van der Waals surface area contributed by atoms with Crippen LogP contribution in [-0.2, 0) is 6.54 Å². The fourth-order valence-corrected chi connectivity index (χ4v) is 3.59. The first-order chi connectivity index (χ1) is 8.67. The molecule has 0 bridgehead atoms. The minimum absolute atomic E-state index is 0.00227. The Balaban J connectivity index is 1.57. The summed E-state index contributed by atoms with van der Waals surface area (Å²) in [5, 5.41) is 5.93. The molecule has 1 aromatic rings. The zero-order valence-electron chi connectivity index (χ0n) is 9.91. The van der Waals surface area contributed by atoms with Gasteiger partial charge in [0.25, 0.3) is 0 Å². The fourth-order valence-electron chi connectivity index (χ4n) is 2.61. The SMILES string of the molecule is O=C1NCC2(CCN(Cc3cnsc3Br)CC2)N1. The van der Waals surface area contributed by atoms with Crippen molar-refractivity contribution in [1.82, 2.24) is 19.9 Å². The Bertz CT molecular complexity index is 456. The third-order valence-corrected chi connectivity index (χ3v) is 5.34. The first-order valence-corrected chi connectivity index (χ1v) is 7.61. The average molecular weight is 331 g/mol. The number of nitrogens with zero attached hydrogens (tertiary/aromatic N) is 2. The second-order valence-corrected chi connectivity index (χ2v) is 7.11. The van der Waals surface area contributed by atoms with Gasteiger partial charge >= 0.3 is 6.03 Å². The molecule has 2 N–H and O–H groups in total. The van der Waals surface area contributed by atoms with Crippen LogP contribution in [0, 0.1) is 0 Å². The number of urea groups is 1. The van der Waals surface area contributed by atoms with Gasteiger partial charge in [0.15, 0.2) is 0 Å². The van der Waals surface area contributed by atoms with E-state index in [0.717, 1.165) is 42.8 Å². The van der Waals surface area contributed by atoms with Crippen molar-refractivity contribution in [3.05, 3.63) is 15.5 Å². The van der Waals surface area contributed by atoms with E-state index in [1.54, 1.807) is 0 Å². The Morgan fingerprint density at radius 3 is 2.83 bits per heavy atom. The zero-order chi connectivity index (χ0) is 12.6. The smallest absolute Gasteiger partial charge is 0.315 e. The van der Waals surface area contributed by atoms with E-state index < -0.39 is 0 Å². The highest BCUT2D eigenvalue weighted by molar-refractivity contribution is 9.11. The molecule has 1 aromatic heterocycles. The summed E-state index contributed by atoms with van der Waals surface area (Å²) in [6.07, 6.45) is 3.96. The predicted molar refractivity (Wildman–Crippen MR) is 73.6 cm³/mol. The molecule has 2 aliphatic heterocycles. The van der Waals surface area contributed by atoms with Crippen molar-refractivity contribution in [2.75, 3.05) is 19.6 Å². The number of hydrogen-bond donors (Lipinski definition) is 2. The number of aromatic nitrogens is 1. The molecule has 0 aromatic carbocycles. The van der Waals surface area contributed by atoms with Crippen molar-refractivity contribution in [3.8, 4) is 0 Å². The van der Waals surface area contributed by atoms with E-state index in [0.29, 0.717) is 0 Å². The molecule has 0 unspecified atom stereocenters. The quantitative estimate of drug-likeness (QED) is 0.865. The third kappa shape index (κ3) is 2.39. The van der Waals surface area contributed by atoms with E-state index in [1.165, 1.54) is 17.1 Å². The predicted octanol–water partition coefficient (Wildman–Crippen LogP) is 1.55. The second-order valence-electron chi connectivity index (χ2n) is 4.99. The largest absolute Gasteiger partial charge is 0.336 e. The van der Waals surface area contributed by atoms with E-state index in [1.807, 2.05) is 6.20 Å². The van der Waals surface area contributed by atoms with Crippen LogP contribution < -0.4 is 10.6 Å². The first kappa shape index (κ1) is 12.4. The number of halogens is 1. The Kier molecular flexibility index (Phi) is 3.29. The summed E-state index contributed by atoms with van der Waals surface area (Å²) >= 11 is 5.01. The van der Waals surface area contributed by atoms with Crippen LogP contribution in [0.4, 0.5) is 4.79 Å². The van der Waals surface area contributed by atoms with Crippen LogP contribution in [0.25, 0.3) is 0 Å². The van der Waals surface area contributed by atoms with Crippen molar-refractivity contribution < 1.29 is 4.79 Å². The Morgan fingerprint density at radius 1 is 1.50 bits per heavy atom. The number of piperidine rings is 1. The molecule has 0 radical (unpaired) electrons. The molecule has 0 atom stereocenters. The Hall–Kier alpha value is -0.660. The van der Waals surface area contributed by atoms with E-state index in [4.69, 9.17) is 0 Å². The van der Waals surface area contributed by atoms with Crippen LogP contribution >= 0.6 is 27.5 Å². The van der Waals surface area contributed by atoms with Crippen molar-refractivity contribution >= 4 is 33.5 Å². The van der Waals surface area contributed by atoms with Crippen molar-refractivity contribution in [2.45, 2.75) is 24.9 Å². The maximum Gasteiger partial charge on any atom is 0.315 e. The standard InChI is InChI=1S/C11H15BrN4OS/c12-9-8(5-14-18-9)6-16-3-1-11(2-4-16)7-13-10(17)15-11/h5H,1-4,6-7H2,(H2,13,15,17). The lowest BCUT2D eigenvalue weighted by Crippen LogP contribution is -2.52. The molecule has 0 aliphatic carbocycles. The number of carbonyl (C=O) groups excluding carboxylic acids is 1. The number of amides is 2. The molecular weight excluding hydrogens is 316 g/mol. The van der Waals surface area contributed by atoms with Gasteiger partial charge in [0.05, 0.1) is 9.33 Å². The van der Waals surface area contributed by atoms with Gasteiger partial charge in [-0.2, -0.15) is 4.37 Å². The van der Waals surface area contributed by atoms with Gasteiger partial charge in [-0.3, -0.25) is 4.90 Å². The van der Waals surface area contributed by atoms with Crippen LogP contribution in [0.5, 0.6) is 0 Å². The normalized spacial score (nSPS) is 23.1. The van der Waals surface area contributed by atoms with Gasteiger partial charge in [0.2, 0.25) is 0 Å². The van der Waals surface area contributed by atoms with Crippen molar-refractivity contribution in [1.29, 1.82) is 0 Å². The number of likely N-dealkylation sites (tertiary alicyclic amines) is 1. The van der Waals surface area contributed by atoms with E-state index in [9.17, 15) is 4.79 Å². The number of carbonyl (C=O) groups is 1. The maximum absolute atomic E-state index is 11.3. The molecule has 3 heterocycles. The van der Waals surface area contributed by atoms with Gasteiger partial charge < -0.3 is 10.6 Å². The van der Waals surface area contributed by atoms with E-state index in [2.05, 4.69) is 35.8 Å². The lowest BCUT2D eigenvalue weighted by atomic mass is 9.88. The molecule has 3 rings (SSSR count). The molecule has 7 heteroatoms. The summed E-state index contributed by atoms with van der Waals surface area (Å²) in [5.41, 5.74) is 1.25. The highest BCUT2D eigenvalue weighted by atomic mass is 79.9. The summed E-state index contributed by atoms with van der Waals surface area (Å²) in [6, 6.07) is -0.0202. The minimum Gasteiger partial charge on any atom is -0.336 e. The molecular formula is C11H15BrN4OS. The number of hydrogen-bond acceptors (Lipinski definition) is 4. The lowest BCUT2D eigenvalue weighted by molar-refractivity contribution is 0.150. The molecule has 0 saturated carbocycles.